The molecule has 0 spiro atoms. The number of carbonyl (C=O) groups excluding carboxylic acids is 1. The molecule has 5 heteroatoms. The molecule has 0 unspecified atom stereocenters. The van der Waals surface area contributed by atoms with E-state index in [1.54, 1.807) is 17.0 Å². The SMILES string of the molecule is C[C@H](COC(c1ccccc1)(c1ccccc1)c1ccccc1)C1=C[C@@H](C#C[Si](C)(C)C)N(C(=O)Oc2ccccc2)c2ccccc21. The molecule has 1 heterocycles. The van der Waals surface area contributed by atoms with Crippen molar-refractivity contribution in [2.75, 3.05) is 11.5 Å². The Bertz CT molecular complexity index is 1830. The van der Waals surface area contributed by atoms with Crippen molar-refractivity contribution in [3.63, 3.8) is 0 Å². The van der Waals surface area contributed by atoms with Crippen LogP contribution in [0.3, 0.4) is 0 Å². The van der Waals surface area contributed by atoms with Crippen LogP contribution in [0.25, 0.3) is 5.57 Å². The molecule has 0 fully saturated rings. The Balaban J connectivity index is 1.41. The third kappa shape index (κ3) is 7.06. The lowest BCUT2D eigenvalue weighted by Gasteiger charge is -2.38. The van der Waals surface area contributed by atoms with Crippen molar-refractivity contribution >= 4 is 25.4 Å². The van der Waals surface area contributed by atoms with Gasteiger partial charge in [-0.05, 0) is 46.5 Å². The molecule has 0 aromatic heterocycles. The largest absolute Gasteiger partial charge is 0.421 e. The molecule has 48 heavy (non-hydrogen) atoms. The first-order valence-electron chi connectivity index (χ1n) is 16.5. The van der Waals surface area contributed by atoms with Gasteiger partial charge in [-0.2, -0.15) is 0 Å². The van der Waals surface area contributed by atoms with Crippen LogP contribution in [0.15, 0.2) is 152 Å². The number of benzene rings is 5. The summed E-state index contributed by atoms with van der Waals surface area (Å²) in [6, 6.07) is 48.0. The van der Waals surface area contributed by atoms with E-state index >= 15 is 0 Å². The Morgan fingerprint density at radius 3 is 1.73 bits per heavy atom. The van der Waals surface area contributed by atoms with Gasteiger partial charge in [-0.15, -0.1) is 5.54 Å². The minimum absolute atomic E-state index is 0.0369. The molecule has 1 aliphatic rings. The smallest absolute Gasteiger partial charge is 0.410 e. The molecule has 1 amide bonds. The zero-order valence-corrected chi connectivity index (χ0v) is 29.0. The lowest BCUT2D eigenvalue weighted by atomic mass is 9.79. The van der Waals surface area contributed by atoms with Crippen LogP contribution in [0.4, 0.5) is 10.5 Å². The molecule has 5 aromatic rings. The van der Waals surface area contributed by atoms with Gasteiger partial charge in [0.25, 0.3) is 0 Å². The maximum atomic E-state index is 13.9. The molecule has 0 radical (unpaired) electrons. The number of para-hydroxylation sites is 2. The van der Waals surface area contributed by atoms with E-state index in [4.69, 9.17) is 9.47 Å². The second kappa shape index (κ2) is 14.3. The second-order valence-electron chi connectivity index (χ2n) is 13.1. The molecular weight excluding hydrogens is 607 g/mol. The van der Waals surface area contributed by atoms with Crippen LogP contribution in [0.1, 0.15) is 29.2 Å². The van der Waals surface area contributed by atoms with Crippen LogP contribution in [-0.2, 0) is 10.3 Å². The molecule has 1 aliphatic heterocycles. The lowest BCUT2D eigenvalue weighted by molar-refractivity contribution is 0.00318. The summed E-state index contributed by atoms with van der Waals surface area (Å²) in [5, 5.41) is 0. The minimum atomic E-state index is -1.77. The van der Waals surface area contributed by atoms with Crippen LogP contribution < -0.4 is 9.64 Å². The second-order valence-corrected chi connectivity index (χ2v) is 17.9. The molecule has 0 saturated heterocycles. The number of fused-ring (bicyclic) bond motifs is 1. The summed E-state index contributed by atoms with van der Waals surface area (Å²) < 4.78 is 13.1. The number of hydrogen-bond acceptors (Lipinski definition) is 3. The normalized spacial score (nSPS) is 15.0. The minimum Gasteiger partial charge on any atom is -0.410 e. The van der Waals surface area contributed by atoms with E-state index < -0.39 is 25.8 Å². The van der Waals surface area contributed by atoms with Crippen LogP contribution in [0, 0.1) is 17.4 Å². The van der Waals surface area contributed by atoms with Gasteiger partial charge in [0, 0.05) is 11.5 Å². The topological polar surface area (TPSA) is 38.8 Å². The van der Waals surface area contributed by atoms with Gasteiger partial charge in [0.15, 0.2) is 0 Å². The van der Waals surface area contributed by atoms with Crippen LogP contribution in [0.5, 0.6) is 5.75 Å². The monoisotopic (exact) mass is 647 g/mol. The molecule has 0 bridgehead atoms. The fraction of sp³-hybridized carbons (Fsp3) is 0.186. The number of anilines is 1. The van der Waals surface area contributed by atoms with Gasteiger partial charge in [-0.25, -0.2) is 4.79 Å². The zero-order chi connectivity index (χ0) is 33.6. The Kier molecular flexibility index (Phi) is 9.77. The highest BCUT2D eigenvalue weighted by Gasteiger charge is 2.39. The first-order chi connectivity index (χ1) is 23.3. The predicted octanol–water partition coefficient (Wildman–Crippen LogP) is 9.98. The van der Waals surface area contributed by atoms with Gasteiger partial charge >= 0.3 is 6.09 Å². The van der Waals surface area contributed by atoms with Crippen LogP contribution >= 0.6 is 0 Å². The van der Waals surface area contributed by atoms with Gasteiger partial charge in [0.05, 0.1) is 12.3 Å². The Hall–Kier alpha value is -5.15. The fourth-order valence-electron chi connectivity index (χ4n) is 6.20. The van der Waals surface area contributed by atoms with Gasteiger partial charge in [0.2, 0.25) is 0 Å². The summed E-state index contributed by atoms with van der Waals surface area (Å²) in [6.07, 6.45) is 1.67. The Labute approximate surface area is 285 Å². The molecule has 0 N–H and O–H groups in total. The molecule has 0 saturated carbocycles. The van der Waals surface area contributed by atoms with Crippen molar-refractivity contribution in [2.24, 2.45) is 5.92 Å². The summed E-state index contributed by atoms with van der Waals surface area (Å²) in [5.74, 6) is 3.93. The lowest BCUT2D eigenvalue weighted by Crippen LogP contribution is -2.44. The number of ether oxygens (including phenoxy) is 2. The number of amides is 1. The van der Waals surface area contributed by atoms with Crippen molar-refractivity contribution in [3.8, 4) is 17.2 Å². The van der Waals surface area contributed by atoms with E-state index in [0.717, 1.165) is 33.5 Å². The molecular formula is C43H41NO3Si. The molecule has 4 nitrogen and oxygen atoms in total. The van der Waals surface area contributed by atoms with Gasteiger partial charge in [-0.3, -0.25) is 4.90 Å². The predicted molar refractivity (Wildman–Crippen MR) is 199 cm³/mol. The highest BCUT2D eigenvalue weighted by Crippen LogP contribution is 2.43. The summed E-state index contributed by atoms with van der Waals surface area (Å²) in [4.78, 5) is 15.6. The van der Waals surface area contributed by atoms with Gasteiger partial charge in [0.1, 0.15) is 25.5 Å². The van der Waals surface area contributed by atoms with E-state index in [9.17, 15) is 4.79 Å². The number of rotatable bonds is 8. The van der Waals surface area contributed by atoms with E-state index in [1.807, 2.05) is 54.6 Å². The maximum Gasteiger partial charge on any atom is 0.421 e. The summed E-state index contributed by atoms with van der Waals surface area (Å²) in [7, 11) is -1.77. The summed E-state index contributed by atoms with van der Waals surface area (Å²) in [6.45, 7) is 9.24. The average Bonchev–Trinajstić information content (AvgIpc) is 3.12. The third-order valence-corrected chi connectivity index (χ3v) is 9.35. The van der Waals surface area contributed by atoms with Crippen molar-refractivity contribution in [2.45, 2.75) is 38.2 Å². The van der Waals surface area contributed by atoms with Crippen molar-refractivity contribution < 1.29 is 14.3 Å². The molecule has 6 rings (SSSR count). The average molecular weight is 648 g/mol. The van der Waals surface area contributed by atoms with Crippen LogP contribution in [-0.4, -0.2) is 26.8 Å². The third-order valence-electron chi connectivity index (χ3n) is 8.45. The first-order valence-corrected chi connectivity index (χ1v) is 20.0. The molecule has 0 aliphatic carbocycles. The number of hydrogen-bond donors (Lipinski definition) is 0. The first kappa shape index (κ1) is 32.8. The van der Waals surface area contributed by atoms with Gasteiger partial charge in [-0.1, -0.05) is 160 Å². The standard InChI is InChI=1S/C43H41NO3Si/c1-33(32-46-43(34-19-9-5-10-20-34,35-21-11-6-12-22-35)36-23-13-7-14-24-36)40-31-37(29-30-48(2,3)4)44(41-28-18-17-27-39(40)41)42(45)47-38-25-15-8-16-26-38/h5-28,31,33,37H,32H2,1-4H3/t33-,37-/m1/s1. The Morgan fingerprint density at radius 2 is 1.21 bits per heavy atom. The molecule has 2 atom stereocenters. The van der Waals surface area contributed by atoms with Crippen LogP contribution in [0.2, 0.25) is 19.6 Å². The summed E-state index contributed by atoms with van der Waals surface area (Å²) >= 11 is 0. The van der Waals surface area contributed by atoms with Crippen molar-refractivity contribution in [1.82, 2.24) is 0 Å². The van der Waals surface area contributed by atoms with Crippen molar-refractivity contribution in [3.05, 3.63) is 174 Å². The summed E-state index contributed by atoms with van der Waals surface area (Å²) in [5.41, 5.74) is 8.68. The zero-order valence-electron chi connectivity index (χ0n) is 28.0. The van der Waals surface area contributed by atoms with E-state index in [1.165, 1.54) is 0 Å². The highest BCUT2D eigenvalue weighted by atomic mass is 28.3. The van der Waals surface area contributed by atoms with Crippen molar-refractivity contribution in [1.29, 1.82) is 0 Å². The fourth-order valence-corrected chi connectivity index (χ4v) is 6.78. The molecule has 240 valence electrons. The quantitative estimate of drug-likeness (QED) is 0.0956. The molecule has 5 aromatic carbocycles. The van der Waals surface area contributed by atoms with E-state index in [0.29, 0.717) is 12.4 Å². The van der Waals surface area contributed by atoms with E-state index in [2.05, 4.69) is 123 Å². The number of carbonyl (C=O) groups is 1. The number of nitrogens with zero attached hydrogens (tertiary/aromatic N) is 1. The van der Waals surface area contributed by atoms with Gasteiger partial charge < -0.3 is 9.47 Å². The Morgan fingerprint density at radius 1 is 0.729 bits per heavy atom. The van der Waals surface area contributed by atoms with E-state index in [-0.39, 0.29) is 5.92 Å². The maximum absolute atomic E-state index is 13.9. The highest BCUT2D eigenvalue weighted by molar-refractivity contribution is 6.83.